The van der Waals surface area contributed by atoms with Gasteiger partial charge in [0, 0.05) is 31.1 Å². The van der Waals surface area contributed by atoms with E-state index in [2.05, 4.69) is 0 Å². The topological polar surface area (TPSA) is 101 Å². The number of esters is 1. The fraction of sp³-hybridized carbons (Fsp3) is 0.368. The van der Waals surface area contributed by atoms with E-state index in [4.69, 9.17) is 4.74 Å². The van der Waals surface area contributed by atoms with Crippen molar-refractivity contribution in [1.82, 2.24) is 4.90 Å². The van der Waals surface area contributed by atoms with Crippen molar-refractivity contribution in [2.45, 2.75) is 25.1 Å². The van der Waals surface area contributed by atoms with Gasteiger partial charge in [-0.3, -0.25) is 19.3 Å². The van der Waals surface area contributed by atoms with E-state index in [0.717, 1.165) is 0 Å². The first-order chi connectivity index (χ1) is 13.3. The van der Waals surface area contributed by atoms with Gasteiger partial charge >= 0.3 is 11.9 Å². The summed E-state index contributed by atoms with van der Waals surface area (Å²) in [7, 11) is 0. The number of fused-ring (bicyclic) bond motifs is 1. The first-order valence-electron chi connectivity index (χ1n) is 8.57. The zero-order valence-electron chi connectivity index (χ0n) is 15.0. The number of ether oxygens (including phenoxy) is 1. The highest BCUT2D eigenvalue weighted by atomic mass is 32.2. The van der Waals surface area contributed by atoms with Crippen LogP contribution in [0.2, 0.25) is 0 Å². The smallest absolute Gasteiger partial charge is 0.352 e. The van der Waals surface area contributed by atoms with Gasteiger partial charge in [0.2, 0.25) is 5.91 Å². The number of carbonyl (C=O) groups excluding carboxylic acids is 3. The number of halogens is 1. The maximum absolute atomic E-state index is 12.9. The summed E-state index contributed by atoms with van der Waals surface area (Å²) in [6.45, 7) is 1.03. The Morgan fingerprint density at radius 1 is 1.29 bits per heavy atom. The van der Waals surface area contributed by atoms with Crippen LogP contribution in [-0.4, -0.2) is 51.4 Å². The number of carboxylic acid groups (broad SMARTS) is 1. The number of carbonyl (C=O) groups is 4. The summed E-state index contributed by atoms with van der Waals surface area (Å²) in [5.41, 5.74) is 0.840. The van der Waals surface area contributed by atoms with E-state index in [9.17, 15) is 28.7 Å². The fourth-order valence-corrected chi connectivity index (χ4v) is 4.66. The van der Waals surface area contributed by atoms with Crippen molar-refractivity contribution in [2.75, 3.05) is 12.4 Å². The van der Waals surface area contributed by atoms with Crippen molar-refractivity contribution >= 4 is 35.4 Å². The van der Waals surface area contributed by atoms with E-state index in [1.54, 1.807) is 0 Å². The average Bonchev–Trinajstić information content (AvgIpc) is 2.65. The molecule has 0 aromatic heterocycles. The third-order valence-electron chi connectivity index (χ3n) is 4.57. The van der Waals surface area contributed by atoms with Gasteiger partial charge < -0.3 is 9.84 Å². The summed E-state index contributed by atoms with van der Waals surface area (Å²) in [6, 6.07) is 5.57. The zero-order valence-corrected chi connectivity index (χ0v) is 15.8. The van der Waals surface area contributed by atoms with Crippen LogP contribution in [-0.2, 0) is 30.3 Å². The molecule has 2 aliphatic heterocycles. The van der Waals surface area contributed by atoms with Gasteiger partial charge in [0.05, 0.1) is 11.3 Å². The van der Waals surface area contributed by atoms with Gasteiger partial charge in [-0.05, 0) is 17.7 Å². The number of nitrogens with zero attached hydrogens (tertiary/aromatic N) is 1. The Labute approximate surface area is 164 Å². The number of aliphatic carboxylic acids is 1. The molecule has 0 unspecified atom stereocenters. The fourth-order valence-electron chi connectivity index (χ4n) is 3.27. The Balaban J connectivity index is 1.67. The lowest BCUT2D eigenvalue weighted by atomic mass is 9.89. The van der Waals surface area contributed by atoms with Crippen molar-refractivity contribution in [3.8, 4) is 0 Å². The predicted octanol–water partition coefficient (Wildman–Crippen LogP) is 1.76. The number of benzene rings is 1. The molecule has 28 heavy (non-hydrogen) atoms. The summed E-state index contributed by atoms with van der Waals surface area (Å²) in [6.07, 6.45) is 0.0807. The van der Waals surface area contributed by atoms with Crippen molar-refractivity contribution in [2.24, 2.45) is 5.92 Å². The van der Waals surface area contributed by atoms with Crippen LogP contribution in [0.25, 0.3) is 0 Å². The molecule has 0 saturated carbocycles. The molecule has 2 heterocycles. The summed E-state index contributed by atoms with van der Waals surface area (Å²) >= 11 is 1.35. The Morgan fingerprint density at radius 2 is 1.96 bits per heavy atom. The molecule has 1 aromatic carbocycles. The van der Waals surface area contributed by atoms with Crippen LogP contribution in [0.15, 0.2) is 35.5 Å². The van der Waals surface area contributed by atoms with Crippen molar-refractivity contribution in [3.05, 3.63) is 46.9 Å². The quantitative estimate of drug-likeness (QED) is 0.543. The van der Waals surface area contributed by atoms with Crippen molar-refractivity contribution in [3.63, 3.8) is 0 Å². The van der Waals surface area contributed by atoms with Crippen LogP contribution in [0.4, 0.5) is 4.39 Å². The summed E-state index contributed by atoms with van der Waals surface area (Å²) in [5.74, 6) is -3.09. The number of amides is 1. The summed E-state index contributed by atoms with van der Waals surface area (Å²) < 4.78 is 17.8. The van der Waals surface area contributed by atoms with Crippen molar-refractivity contribution in [1.29, 1.82) is 0 Å². The molecular weight excluding hydrogens is 389 g/mol. The molecule has 1 fully saturated rings. The third-order valence-corrected chi connectivity index (χ3v) is 5.97. The average molecular weight is 407 g/mol. The highest BCUT2D eigenvalue weighted by Crippen LogP contribution is 2.45. The highest BCUT2D eigenvalue weighted by molar-refractivity contribution is 8.00. The normalized spacial score (nSPS) is 21.1. The molecule has 148 valence electrons. The molecule has 2 atom stereocenters. The summed E-state index contributed by atoms with van der Waals surface area (Å²) in [4.78, 5) is 48.7. The number of hydrogen-bond donors (Lipinski definition) is 1. The lowest BCUT2D eigenvalue weighted by Crippen LogP contribution is -2.62. The minimum Gasteiger partial charge on any atom is -0.477 e. The molecule has 0 radical (unpaired) electrons. The molecule has 1 saturated heterocycles. The number of hydrogen-bond acceptors (Lipinski definition) is 6. The van der Waals surface area contributed by atoms with Crippen LogP contribution in [0.1, 0.15) is 18.9 Å². The Hall–Kier alpha value is -2.68. The van der Waals surface area contributed by atoms with E-state index in [0.29, 0.717) is 16.9 Å². The number of β-lactam (4-membered cyclic amide) rings is 1. The van der Waals surface area contributed by atoms with Gasteiger partial charge in [0.15, 0.2) is 0 Å². The lowest BCUT2D eigenvalue weighted by molar-refractivity contribution is -0.154. The Kier molecular flexibility index (Phi) is 5.83. The van der Waals surface area contributed by atoms with Gasteiger partial charge in [-0.15, -0.1) is 11.8 Å². The Bertz CT molecular complexity index is 866. The molecule has 1 amide bonds. The van der Waals surface area contributed by atoms with E-state index >= 15 is 0 Å². The van der Waals surface area contributed by atoms with E-state index in [1.807, 2.05) is 0 Å². The standard InChI is InChI=1S/C19H18FNO6S/c1-10(22)27-8-12-9-28-18-15(17(24)21(18)16(12)19(25)26)7-14(23)6-11-2-4-13(20)5-3-11/h2-5,15,18H,6-9H2,1H3,(H,25,26)/t15-,18-/m1/s1. The van der Waals surface area contributed by atoms with Gasteiger partial charge in [0.25, 0.3) is 0 Å². The molecule has 1 aromatic rings. The second-order valence-corrected chi connectivity index (χ2v) is 7.70. The van der Waals surface area contributed by atoms with Crippen LogP contribution in [0.5, 0.6) is 0 Å². The van der Waals surface area contributed by atoms with Crippen molar-refractivity contribution < 1.29 is 33.4 Å². The number of rotatable bonds is 7. The highest BCUT2D eigenvalue weighted by Gasteiger charge is 2.53. The van der Waals surface area contributed by atoms with Gasteiger partial charge in [-0.2, -0.15) is 0 Å². The molecule has 0 bridgehead atoms. The second kappa shape index (κ2) is 8.14. The minimum absolute atomic E-state index is 0.00342. The van der Waals surface area contributed by atoms with Gasteiger partial charge in [-0.25, -0.2) is 9.18 Å². The van der Waals surface area contributed by atoms with Gasteiger partial charge in [-0.1, -0.05) is 12.1 Å². The number of Topliss-reactive ketones (excluding diaryl/α,β-unsaturated/α-hetero) is 1. The van der Waals surface area contributed by atoms with Crippen LogP contribution in [0.3, 0.4) is 0 Å². The molecule has 0 spiro atoms. The predicted molar refractivity (Wildman–Crippen MR) is 97.6 cm³/mol. The minimum atomic E-state index is -1.27. The molecule has 3 rings (SSSR count). The number of carboxylic acids is 1. The number of ketones is 1. The third kappa shape index (κ3) is 4.09. The molecule has 7 nitrogen and oxygen atoms in total. The first kappa shape index (κ1) is 20.1. The molecule has 9 heteroatoms. The van der Waals surface area contributed by atoms with Crippen LogP contribution < -0.4 is 0 Å². The van der Waals surface area contributed by atoms with E-state index in [1.165, 1.54) is 47.9 Å². The lowest BCUT2D eigenvalue weighted by Gasteiger charge is -2.49. The SMILES string of the molecule is CC(=O)OCC1=C(C(=O)O)N2C(=O)[C@@H](CC(=O)Cc3ccc(F)cc3)[C@H]2SC1. The maximum atomic E-state index is 12.9. The van der Waals surface area contributed by atoms with Gasteiger partial charge in [0.1, 0.15) is 23.9 Å². The summed E-state index contributed by atoms with van der Waals surface area (Å²) in [5, 5.41) is 9.07. The molecule has 1 N–H and O–H groups in total. The van der Waals surface area contributed by atoms with E-state index in [-0.39, 0.29) is 30.9 Å². The van der Waals surface area contributed by atoms with Crippen LogP contribution >= 0.6 is 11.8 Å². The van der Waals surface area contributed by atoms with Crippen LogP contribution in [0, 0.1) is 11.7 Å². The second-order valence-electron chi connectivity index (χ2n) is 6.60. The largest absolute Gasteiger partial charge is 0.477 e. The Morgan fingerprint density at radius 3 is 2.57 bits per heavy atom. The maximum Gasteiger partial charge on any atom is 0.352 e. The zero-order chi connectivity index (χ0) is 20.4. The first-order valence-corrected chi connectivity index (χ1v) is 9.62. The molecule has 0 aliphatic carbocycles. The molecule has 2 aliphatic rings. The van der Waals surface area contributed by atoms with E-state index < -0.39 is 35.0 Å². The molecular formula is C19H18FNO6S. The monoisotopic (exact) mass is 407 g/mol. The number of thioether (sulfide) groups is 1.